The SMILES string of the molecule is C[C@H](N)c1ccc(Br)cc1OCCCS(C)(=O)=O. The smallest absolute Gasteiger partial charge is 0.147 e. The number of nitrogens with two attached hydrogens (primary N) is 1. The fourth-order valence-corrected chi connectivity index (χ4v) is 2.49. The Labute approximate surface area is 117 Å². The van der Waals surface area contributed by atoms with Crippen molar-refractivity contribution in [3.63, 3.8) is 0 Å². The Morgan fingerprint density at radius 3 is 2.67 bits per heavy atom. The Hall–Kier alpha value is -0.590. The highest BCUT2D eigenvalue weighted by atomic mass is 79.9. The van der Waals surface area contributed by atoms with Crippen molar-refractivity contribution in [3.05, 3.63) is 28.2 Å². The van der Waals surface area contributed by atoms with Crippen molar-refractivity contribution in [2.75, 3.05) is 18.6 Å². The summed E-state index contributed by atoms with van der Waals surface area (Å²) in [6, 6.07) is 5.53. The second-order valence-electron chi connectivity index (χ2n) is 4.30. The number of hydrogen-bond acceptors (Lipinski definition) is 4. The lowest BCUT2D eigenvalue weighted by Gasteiger charge is -2.14. The van der Waals surface area contributed by atoms with Crippen LogP contribution < -0.4 is 10.5 Å². The predicted octanol–water partition coefficient (Wildman–Crippen LogP) is 2.28. The number of ether oxygens (including phenoxy) is 1. The Kier molecular flexibility index (Phi) is 5.62. The van der Waals surface area contributed by atoms with E-state index in [0.717, 1.165) is 10.0 Å². The molecule has 0 aliphatic rings. The van der Waals surface area contributed by atoms with Gasteiger partial charge in [0.05, 0.1) is 12.4 Å². The molecule has 0 saturated carbocycles. The average Bonchev–Trinajstić information content (AvgIpc) is 2.22. The van der Waals surface area contributed by atoms with Gasteiger partial charge >= 0.3 is 0 Å². The van der Waals surface area contributed by atoms with Crippen LogP contribution in [0.2, 0.25) is 0 Å². The molecule has 0 unspecified atom stereocenters. The molecule has 102 valence electrons. The molecule has 1 rings (SSSR count). The highest BCUT2D eigenvalue weighted by Crippen LogP contribution is 2.27. The van der Waals surface area contributed by atoms with Crippen LogP contribution in [0.25, 0.3) is 0 Å². The van der Waals surface area contributed by atoms with Gasteiger partial charge < -0.3 is 10.5 Å². The van der Waals surface area contributed by atoms with E-state index in [2.05, 4.69) is 15.9 Å². The molecule has 6 heteroatoms. The topological polar surface area (TPSA) is 69.4 Å². The third-order valence-corrected chi connectivity index (χ3v) is 3.91. The molecule has 0 aliphatic heterocycles. The van der Waals surface area contributed by atoms with Crippen molar-refractivity contribution < 1.29 is 13.2 Å². The molecule has 0 fully saturated rings. The zero-order chi connectivity index (χ0) is 13.8. The van der Waals surface area contributed by atoms with Crippen LogP contribution >= 0.6 is 15.9 Å². The summed E-state index contributed by atoms with van der Waals surface area (Å²) in [4.78, 5) is 0. The van der Waals surface area contributed by atoms with Crippen molar-refractivity contribution in [1.82, 2.24) is 0 Å². The van der Waals surface area contributed by atoms with E-state index in [9.17, 15) is 8.42 Å². The first-order valence-electron chi connectivity index (χ1n) is 5.65. The second kappa shape index (κ2) is 6.54. The Morgan fingerprint density at radius 1 is 1.44 bits per heavy atom. The molecule has 0 amide bonds. The molecule has 0 saturated heterocycles. The number of benzene rings is 1. The van der Waals surface area contributed by atoms with Crippen LogP contribution in [0.4, 0.5) is 0 Å². The standard InChI is InChI=1S/C12H18BrNO3S/c1-9(14)11-5-4-10(13)8-12(11)17-6-3-7-18(2,15)16/h4-5,8-9H,3,6-7,14H2,1-2H3/t9-/m0/s1. The molecule has 0 spiro atoms. The molecule has 0 heterocycles. The van der Waals surface area contributed by atoms with E-state index in [-0.39, 0.29) is 11.8 Å². The molecule has 4 nitrogen and oxygen atoms in total. The summed E-state index contributed by atoms with van der Waals surface area (Å²) in [7, 11) is -2.93. The van der Waals surface area contributed by atoms with E-state index in [4.69, 9.17) is 10.5 Å². The molecule has 0 aromatic heterocycles. The first kappa shape index (κ1) is 15.5. The van der Waals surface area contributed by atoms with Gasteiger partial charge in [0, 0.05) is 22.3 Å². The molecule has 1 atom stereocenters. The minimum Gasteiger partial charge on any atom is -0.493 e. The van der Waals surface area contributed by atoms with Gasteiger partial charge in [0.15, 0.2) is 0 Å². The van der Waals surface area contributed by atoms with Crippen LogP contribution in [0.15, 0.2) is 22.7 Å². The maximum absolute atomic E-state index is 11.0. The Balaban J connectivity index is 2.63. The maximum atomic E-state index is 11.0. The third kappa shape index (κ3) is 5.37. The fraction of sp³-hybridized carbons (Fsp3) is 0.500. The zero-order valence-electron chi connectivity index (χ0n) is 10.5. The first-order chi connectivity index (χ1) is 8.29. The van der Waals surface area contributed by atoms with Crippen LogP contribution in [0.1, 0.15) is 24.9 Å². The van der Waals surface area contributed by atoms with Gasteiger partial charge in [-0.05, 0) is 25.5 Å². The zero-order valence-corrected chi connectivity index (χ0v) is 12.9. The summed E-state index contributed by atoms with van der Waals surface area (Å²) in [5.74, 6) is 0.835. The number of sulfone groups is 1. The van der Waals surface area contributed by atoms with Crippen molar-refractivity contribution in [1.29, 1.82) is 0 Å². The number of halogens is 1. The molecule has 18 heavy (non-hydrogen) atoms. The van der Waals surface area contributed by atoms with Crippen LogP contribution in [-0.4, -0.2) is 27.0 Å². The first-order valence-corrected chi connectivity index (χ1v) is 8.50. The van der Waals surface area contributed by atoms with Crippen molar-refractivity contribution in [2.45, 2.75) is 19.4 Å². The van der Waals surface area contributed by atoms with Crippen molar-refractivity contribution in [3.8, 4) is 5.75 Å². The molecular formula is C12H18BrNO3S. The van der Waals surface area contributed by atoms with Crippen LogP contribution in [-0.2, 0) is 9.84 Å². The van der Waals surface area contributed by atoms with Gasteiger partial charge in [-0.2, -0.15) is 0 Å². The van der Waals surface area contributed by atoms with Gasteiger partial charge in [-0.1, -0.05) is 22.0 Å². The highest BCUT2D eigenvalue weighted by Gasteiger charge is 2.09. The Bertz CT molecular complexity index is 500. The molecule has 1 aromatic carbocycles. The fourth-order valence-electron chi connectivity index (χ4n) is 1.51. The Morgan fingerprint density at radius 2 is 2.11 bits per heavy atom. The second-order valence-corrected chi connectivity index (χ2v) is 7.48. The van der Waals surface area contributed by atoms with E-state index in [1.165, 1.54) is 6.26 Å². The average molecular weight is 336 g/mol. The summed E-state index contributed by atoms with van der Waals surface area (Å²) < 4.78 is 28.5. The molecule has 0 radical (unpaired) electrons. The largest absolute Gasteiger partial charge is 0.493 e. The molecule has 1 aromatic rings. The molecule has 2 N–H and O–H groups in total. The minimum atomic E-state index is -2.93. The normalized spacial score (nSPS) is 13.3. The summed E-state index contributed by atoms with van der Waals surface area (Å²) >= 11 is 3.37. The van der Waals surface area contributed by atoms with Crippen molar-refractivity contribution >= 4 is 25.8 Å². The van der Waals surface area contributed by atoms with Crippen LogP contribution in [0, 0.1) is 0 Å². The van der Waals surface area contributed by atoms with Gasteiger partial charge in [0.1, 0.15) is 15.6 Å². The lowest BCUT2D eigenvalue weighted by Crippen LogP contribution is -2.11. The summed E-state index contributed by atoms with van der Waals surface area (Å²) in [6.07, 6.45) is 1.70. The predicted molar refractivity (Wildman–Crippen MR) is 76.6 cm³/mol. The van der Waals surface area contributed by atoms with E-state index >= 15 is 0 Å². The lowest BCUT2D eigenvalue weighted by molar-refractivity contribution is 0.313. The third-order valence-electron chi connectivity index (χ3n) is 2.38. The summed E-state index contributed by atoms with van der Waals surface area (Å²) in [5.41, 5.74) is 6.76. The molecule has 0 bridgehead atoms. The van der Waals surface area contributed by atoms with Gasteiger partial charge in [0.2, 0.25) is 0 Å². The van der Waals surface area contributed by atoms with Crippen molar-refractivity contribution in [2.24, 2.45) is 5.73 Å². The van der Waals surface area contributed by atoms with E-state index in [0.29, 0.717) is 18.8 Å². The number of rotatable bonds is 6. The van der Waals surface area contributed by atoms with Crippen LogP contribution in [0.5, 0.6) is 5.75 Å². The quantitative estimate of drug-likeness (QED) is 0.809. The summed E-state index contributed by atoms with van der Waals surface area (Å²) in [6.45, 7) is 2.25. The van der Waals surface area contributed by atoms with E-state index < -0.39 is 9.84 Å². The maximum Gasteiger partial charge on any atom is 0.147 e. The highest BCUT2D eigenvalue weighted by molar-refractivity contribution is 9.10. The van der Waals surface area contributed by atoms with Gasteiger partial charge in [-0.3, -0.25) is 0 Å². The van der Waals surface area contributed by atoms with Gasteiger partial charge in [0.25, 0.3) is 0 Å². The van der Waals surface area contributed by atoms with E-state index in [1.807, 2.05) is 25.1 Å². The summed E-state index contributed by atoms with van der Waals surface area (Å²) in [5, 5.41) is 0. The van der Waals surface area contributed by atoms with Gasteiger partial charge in [-0.15, -0.1) is 0 Å². The monoisotopic (exact) mass is 335 g/mol. The molecule has 0 aliphatic carbocycles. The number of hydrogen-bond donors (Lipinski definition) is 1. The lowest BCUT2D eigenvalue weighted by atomic mass is 10.1. The minimum absolute atomic E-state index is 0.122. The van der Waals surface area contributed by atoms with Crippen LogP contribution in [0.3, 0.4) is 0 Å². The molecular weight excluding hydrogens is 318 g/mol. The van der Waals surface area contributed by atoms with Gasteiger partial charge in [-0.25, -0.2) is 8.42 Å². The van der Waals surface area contributed by atoms with E-state index in [1.54, 1.807) is 0 Å².